The molecule has 4 aliphatic rings. The Morgan fingerprint density at radius 2 is 1.59 bits per heavy atom. The van der Waals surface area contributed by atoms with E-state index in [1.54, 1.807) is 21.6 Å². The van der Waals surface area contributed by atoms with Crippen molar-refractivity contribution in [1.82, 2.24) is 4.58 Å². The molecule has 0 aromatic heterocycles. The maximum atomic E-state index is 15.2. The van der Waals surface area contributed by atoms with E-state index in [1.807, 2.05) is 0 Å². The second-order valence-corrected chi connectivity index (χ2v) is 9.14. The first-order valence-electron chi connectivity index (χ1n) is 11.3. The number of aromatic carboxylic acids is 1. The van der Waals surface area contributed by atoms with Crippen LogP contribution < -0.4 is 19.9 Å². The summed E-state index contributed by atoms with van der Waals surface area (Å²) < 4.78 is 92.8. The first kappa shape index (κ1) is 23.4. The lowest BCUT2D eigenvalue weighted by atomic mass is 9.89. The number of halogens is 6. The van der Waals surface area contributed by atoms with E-state index in [2.05, 4.69) is 0 Å². The average molecular weight is 518 g/mol. The predicted molar refractivity (Wildman–Crippen MR) is 119 cm³/mol. The number of carboxylic acids is 1. The average Bonchev–Trinajstić information content (AvgIpc) is 2.83. The van der Waals surface area contributed by atoms with Gasteiger partial charge in [0.2, 0.25) is 11.5 Å². The van der Waals surface area contributed by atoms with Gasteiger partial charge in [-0.05, 0) is 18.2 Å². The fourth-order valence-electron chi connectivity index (χ4n) is 4.86. The van der Waals surface area contributed by atoms with Crippen molar-refractivity contribution in [3.63, 3.8) is 0 Å². The summed E-state index contributed by atoms with van der Waals surface area (Å²) >= 11 is 0. The van der Waals surface area contributed by atoms with Gasteiger partial charge in [-0.25, -0.2) is 30.9 Å². The van der Waals surface area contributed by atoms with Crippen LogP contribution >= 0.6 is 0 Å². The van der Waals surface area contributed by atoms with E-state index in [9.17, 15) is 31.9 Å². The molecule has 2 aromatic carbocycles. The van der Waals surface area contributed by atoms with E-state index in [4.69, 9.17) is 4.42 Å². The van der Waals surface area contributed by atoms with Crippen LogP contribution in [0.2, 0.25) is 0 Å². The fraction of sp³-hybridized carbons (Fsp3) is 0.231. The van der Waals surface area contributed by atoms with Crippen molar-refractivity contribution in [3.8, 4) is 22.5 Å². The molecular formula is C26H16F6N2O3. The van der Waals surface area contributed by atoms with Gasteiger partial charge in [-0.3, -0.25) is 0 Å². The van der Waals surface area contributed by atoms with Crippen molar-refractivity contribution in [1.29, 1.82) is 0 Å². The molecule has 0 bridgehead atoms. The third-order valence-electron chi connectivity index (χ3n) is 6.81. The summed E-state index contributed by atoms with van der Waals surface area (Å²) in [5.41, 5.74) is -2.09. The summed E-state index contributed by atoms with van der Waals surface area (Å²) in [5.74, 6) is -10.7. The Hall–Kier alpha value is -4.02. The van der Waals surface area contributed by atoms with Gasteiger partial charge < -0.3 is 19.2 Å². The second kappa shape index (κ2) is 8.25. The van der Waals surface area contributed by atoms with E-state index < -0.39 is 52.7 Å². The van der Waals surface area contributed by atoms with E-state index in [0.29, 0.717) is 11.0 Å². The molecule has 0 unspecified atom stereocenters. The summed E-state index contributed by atoms with van der Waals surface area (Å²) in [6.07, 6.45) is -2.02. The van der Waals surface area contributed by atoms with Crippen LogP contribution in [0.5, 0.6) is 0 Å². The molecule has 5 nitrogen and oxygen atoms in total. The lowest BCUT2D eigenvalue weighted by Crippen LogP contribution is -2.50. The Morgan fingerprint density at radius 3 is 2.24 bits per heavy atom. The minimum Gasteiger partial charge on any atom is -0.545 e. The third kappa shape index (κ3) is 3.55. The summed E-state index contributed by atoms with van der Waals surface area (Å²) in [7, 11) is 0. The summed E-state index contributed by atoms with van der Waals surface area (Å²) in [5, 5.41) is 12.4. The van der Waals surface area contributed by atoms with Gasteiger partial charge in [-0.1, -0.05) is 0 Å². The number of rotatable bonds is 3. The molecule has 0 radical (unpaired) electrons. The Bertz CT molecular complexity index is 1650. The number of anilines is 1. The van der Waals surface area contributed by atoms with Gasteiger partial charge in [0.25, 0.3) is 0 Å². The summed E-state index contributed by atoms with van der Waals surface area (Å²) in [4.78, 5) is 13.5. The monoisotopic (exact) mass is 518 g/mol. The standard InChI is InChI=1S/C26H16F6N2O3/c27-11-7-33(8-11)13-1-3-15-17(5-13)37-18-6-14(34-9-12(28)10-34)2-4-16(18)19(15)20-21(26(35)36)23(30)25(32)24(31)22(20)29/h1-6,11-12H,7-10H2. The minimum atomic E-state index is -2.28. The SMILES string of the molecule is O=C([O-])c1c(F)c(F)c(F)c(F)c1-c1c2ccc(=[N+]3CC(F)C3)cc-2oc2cc(N3CC(F)C3)ccc12. The zero-order valence-corrected chi connectivity index (χ0v) is 18.8. The molecule has 0 N–H and O–H groups in total. The van der Waals surface area contributed by atoms with Crippen molar-refractivity contribution in [2.45, 2.75) is 12.3 Å². The lowest BCUT2D eigenvalue weighted by Gasteiger charge is -2.36. The highest BCUT2D eigenvalue weighted by Crippen LogP contribution is 2.44. The largest absolute Gasteiger partial charge is 0.545 e. The molecule has 0 atom stereocenters. The Labute approximate surface area is 204 Å². The van der Waals surface area contributed by atoms with Crippen LogP contribution in [0.15, 0.2) is 40.8 Å². The van der Waals surface area contributed by atoms with Crippen molar-refractivity contribution in [2.24, 2.45) is 0 Å². The number of fused-ring (bicyclic) bond motifs is 2. The normalized spacial score (nSPS) is 17.8. The van der Waals surface area contributed by atoms with Crippen molar-refractivity contribution >= 4 is 22.6 Å². The number of hydrogen-bond acceptors (Lipinski definition) is 4. The molecule has 0 amide bonds. The van der Waals surface area contributed by atoms with Crippen LogP contribution in [0.4, 0.5) is 32.0 Å². The third-order valence-corrected chi connectivity index (χ3v) is 6.81. The smallest absolute Gasteiger partial charge is 0.216 e. The Morgan fingerprint density at radius 1 is 0.892 bits per heavy atom. The lowest BCUT2D eigenvalue weighted by molar-refractivity contribution is -0.255. The number of carboxylic acid groups (broad SMARTS) is 1. The first-order chi connectivity index (χ1) is 17.6. The van der Waals surface area contributed by atoms with Gasteiger partial charge >= 0.3 is 0 Å². The highest BCUT2D eigenvalue weighted by molar-refractivity contribution is 6.07. The summed E-state index contributed by atoms with van der Waals surface area (Å²) in [6, 6.07) is 8.94. The maximum absolute atomic E-state index is 15.2. The maximum Gasteiger partial charge on any atom is 0.216 e. The quantitative estimate of drug-likeness (QED) is 0.137. The fourth-order valence-corrected chi connectivity index (χ4v) is 4.86. The van der Waals surface area contributed by atoms with Crippen LogP contribution in [-0.4, -0.2) is 44.5 Å². The second-order valence-electron chi connectivity index (χ2n) is 9.14. The highest BCUT2D eigenvalue weighted by atomic mass is 19.2. The van der Waals surface area contributed by atoms with E-state index in [-0.39, 0.29) is 54.0 Å². The molecule has 2 aromatic rings. The highest BCUT2D eigenvalue weighted by Gasteiger charge is 2.33. The van der Waals surface area contributed by atoms with E-state index in [1.165, 1.54) is 24.3 Å². The van der Waals surface area contributed by atoms with Gasteiger partial charge in [-0.15, -0.1) is 0 Å². The van der Waals surface area contributed by atoms with Crippen molar-refractivity contribution in [3.05, 3.63) is 70.6 Å². The molecule has 0 saturated carbocycles. The zero-order chi connectivity index (χ0) is 26.2. The number of carbonyl (C=O) groups is 1. The molecule has 1 aliphatic carbocycles. The number of alkyl halides is 2. The van der Waals surface area contributed by atoms with Crippen LogP contribution in [-0.2, 0) is 0 Å². The van der Waals surface area contributed by atoms with Crippen LogP contribution in [0.1, 0.15) is 10.4 Å². The van der Waals surface area contributed by atoms with Crippen molar-refractivity contribution in [2.75, 3.05) is 31.1 Å². The first-order valence-corrected chi connectivity index (χ1v) is 11.3. The van der Waals surface area contributed by atoms with E-state index in [0.717, 1.165) is 0 Å². The molecular weight excluding hydrogens is 502 g/mol. The molecule has 6 rings (SSSR count). The van der Waals surface area contributed by atoms with Gasteiger partial charge in [0.15, 0.2) is 36.4 Å². The molecule has 0 spiro atoms. The molecule has 37 heavy (non-hydrogen) atoms. The van der Waals surface area contributed by atoms with Gasteiger partial charge in [-0.2, -0.15) is 0 Å². The van der Waals surface area contributed by atoms with Crippen LogP contribution in [0.3, 0.4) is 0 Å². The minimum absolute atomic E-state index is 0.0697. The number of carbonyl (C=O) groups excluding carboxylic acids is 1. The van der Waals surface area contributed by atoms with Crippen LogP contribution in [0, 0.1) is 23.3 Å². The zero-order valence-electron chi connectivity index (χ0n) is 18.8. The van der Waals surface area contributed by atoms with Gasteiger partial charge in [0, 0.05) is 45.5 Å². The molecule has 3 heterocycles. The number of hydrogen-bond donors (Lipinski definition) is 0. The Balaban J connectivity index is 1.71. The van der Waals surface area contributed by atoms with Crippen molar-refractivity contribution < 1.29 is 40.7 Å². The molecule has 11 heteroatoms. The molecule has 3 aliphatic heterocycles. The topological polar surface area (TPSA) is 59.5 Å². The van der Waals surface area contributed by atoms with Gasteiger partial charge in [0.1, 0.15) is 17.5 Å². The van der Waals surface area contributed by atoms with E-state index >= 15 is 4.39 Å². The summed E-state index contributed by atoms with van der Waals surface area (Å²) in [6.45, 7) is 0.529. The molecule has 2 saturated heterocycles. The Kier molecular flexibility index (Phi) is 5.22. The molecule has 190 valence electrons. The van der Waals surface area contributed by atoms with Gasteiger partial charge in [0.05, 0.1) is 25.1 Å². The van der Waals surface area contributed by atoms with Crippen LogP contribution in [0.25, 0.3) is 33.4 Å². The number of nitrogens with zero attached hydrogens (tertiary/aromatic N) is 2. The number of benzene rings is 3. The molecule has 2 fully saturated rings. The predicted octanol–water partition coefficient (Wildman–Crippen LogP) is 3.41.